The van der Waals surface area contributed by atoms with Crippen molar-refractivity contribution in [1.82, 2.24) is 14.8 Å². The summed E-state index contributed by atoms with van der Waals surface area (Å²) in [6.07, 6.45) is 2.87. The van der Waals surface area contributed by atoms with E-state index in [2.05, 4.69) is 33.9 Å². The number of piperazine rings is 1. The molecular weight excluding hydrogens is 328 g/mol. The maximum Gasteiger partial charge on any atom is 0.168 e. The third-order valence-corrected chi connectivity index (χ3v) is 5.58. The molecule has 3 heterocycles. The summed E-state index contributed by atoms with van der Waals surface area (Å²) in [5, 5.41) is 3.49. The van der Waals surface area contributed by atoms with Gasteiger partial charge in [-0.2, -0.15) is 0 Å². The van der Waals surface area contributed by atoms with E-state index in [9.17, 15) is 4.79 Å². The quantitative estimate of drug-likeness (QED) is 0.752. The van der Waals surface area contributed by atoms with Crippen molar-refractivity contribution >= 4 is 12.1 Å². The van der Waals surface area contributed by atoms with E-state index in [0.29, 0.717) is 5.69 Å². The van der Waals surface area contributed by atoms with Gasteiger partial charge in [0.2, 0.25) is 0 Å². The van der Waals surface area contributed by atoms with Gasteiger partial charge in [0.05, 0.1) is 0 Å². The number of hydrogen-bond acceptors (Lipinski definition) is 6. The van der Waals surface area contributed by atoms with Gasteiger partial charge in [-0.25, -0.2) is 4.98 Å². The zero-order valence-corrected chi connectivity index (χ0v) is 16.1. The second-order valence-corrected chi connectivity index (χ2v) is 7.94. The van der Waals surface area contributed by atoms with Crippen LogP contribution in [0.2, 0.25) is 0 Å². The van der Waals surface area contributed by atoms with Gasteiger partial charge in [-0.05, 0) is 30.9 Å². The minimum atomic E-state index is 0.112. The minimum Gasteiger partial charge on any atom is -0.381 e. The molecule has 0 aromatic carbocycles. The average molecular weight is 361 g/mol. The van der Waals surface area contributed by atoms with Gasteiger partial charge in [0.15, 0.2) is 6.29 Å². The molecular formula is C20H32N4O2. The molecule has 0 radical (unpaired) electrons. The third kappa shape index (κ3) is 4.81. The molecule has 0 unspecified atom stereocenters. The minimum absolute atomic E-state index is 0.112. The first-order chi connectivity index (χ1) is 12.6. The summed E-state index contributed by atoms with van der Waals surface area (Å²) in [5.74, 6) is 1.50. The van der Waals surface area contributed by atoms with Crippen LogP contribution in [0.5, 0.6) is 0 Å². The normalized spacial score (nSPS) is 21.7. The van der Waals surface area contributed by atoms with Crippen LogP contribution in [0.25, 0.3) is 0 Å². The van der Waals surface area contributed by atoms with E-state index >= 15 is 0 Å². The van der Waals surface area contributed by atoms with Crippen LogP contribution in [0.4, 0.5) is 5.82 Å². The van der Waals surface area contributed by atoms with E-state index in [4.69, 9.17) is 4.74 Å². The number of aromatic nitrogens is 1. The summed E-state index contributed by atoms with van der Waals surface area (Å²) in [6.45, 7) is 12.7. The van der Waals surface area contributed by atoms with Gasteiger partial charge in [0, 0.05) is 58.0 Å². The number of hydrogen-bond donors (Lipinski definition) is 1. The fraction of sp³-hybridized carbons (Fsp3) is 0.700. The maximum absolute atomic E-state index is 11.0. The molecule has 2 aliphatic heterocycles. The first-order valence-electron chi connectivity index (χ1n) is 9.82. The Morgan fingerprint density at radius 1 is 1.23 bits per heavy atom. The first kappa shape index (κ1) is 19.3. The summed E-state index contributed by atoms with van der Waals surface area (Å²) >= 11 is 0. The Balaban J connectivity index is 1.64. The number of ether oxygens (including phenoxy) is 1. The van der Waals surface area contributed by atoms with Gasteiger partial charge in [-0.15, -0.1) is 0 Å². The van der Waals surface area contributed by atoms with Crippen molar-refractivity contribution in [3.8, 4) is 0 Å². The Hall–Kier alpha value is -1.50. The molecule has 0 amide bonds. The van der Waals surface area contributed by atoms with Crippen molar-refractivity contribution in [2.75, 3.05) is 57.8 Å². The molecule has 144 valence electrons. The molecule has 0 spiro atoms. The van der Waals surface area contributed by atoms with E-state index in [1.54, 1.807) is 6.07 Å². The smallest absolute Gasteiger partial charge is 0.168 e. The number of nitrogens with one attached hydrogen (secondary N) is 1. The van der Waals surface area contributed by atoms with Crippen molar-refractivity contribution in [3.63, 3.8) is 0 Å². The van der Waals surface area contributed by atoms with Gasteiger partial charge in [-0.3, -0.25) is 9.69 Å². The van der Waals surface area contributed by atoms with E-state index in [0.717, 1.165) is 76.8 Å². The van der Waals surface area contributed by atoms with Crippen LogP contribution in [0.3, 0.4) is 0 Å². The lowest BCUT2D eigenvalue weighted by Gasteiger charge is -2.50. The van der Waals surface area contributed by atoms with Gasteiger partial charge >= 0.3 is 0 Å². The van der Waals surface area contributed by atoms with E-state index < -0.39 is 0 Å². The molecule has 0 atom stereocenters. The third-order valence-electron chi connectivity index (χ3n) is 5.58. The summed E-state index contributed by atoms with van der Waals surface area (Å²) < 4.78 is 5.65. The van der Waals surface area contributed by atoms with Crippen LogP contribution in [0.15, 0.2) is 18.2 Å². The molecule has 1 aromatic heterocycles. The molecule has 2 saturated heterocycles. The highest BCUT2D eigenvalue weighted by Crippen LogP contribution is 2.29. The first-order valence-corrected chi connectivity index (χ1v) is 9.82. The molecule has 3 rings (SSSR count). The Bertz CT molecular complexity index is 579. The SMILES string of the molecule is CC(C)CN1CCN(C2(CNc3cccc(C=O)n3)CCOCC2)CC1. The van der Waals surface area contributed by atoms with E-state index in [-0.39, 0.29) is 5.54 Å². The highest BCUT2D eigenvalue weighted by atomic mass is 16.5. The highest BCUT2D eigenvalue weighted by Gasteiger charge is 2.39. The zero-order valence-electron chi connectivity index (χ0n) is 16.1. The lowest BCUT2D eigenvalue weighted by Crippen LogP contribution is -2.62. The topological polar surface area (TPSA) is 57.7 Å². The van der Waals surface area contributed by atoms with Crippen LogP contribution in [-0.2, 0) is 4.74 Å². The Morgan fingerprint density at radius 3 is 2.62 bits per heavy atom. The molecule has 0 aliphatic carbocycles. The maximum atomic E-state index is 11.0. The summed E-state index contributed by atoms with van der Waals surface area (Å²) in [5.41, 5.74) is 0.583. The number of nitrogens with zero attached hydrogens (tertiary/aromatic N) is 3. The summed E-state index contributed by atoms with van der Waals surface area (Å²) in [4.78, 5) is 20.6. The van der Waals surface area contributed by atoms with Crippen molar-refractivity contribution in [2.45, 2.75) is 32.2 Å². The standard InChI is InChI=1S/C20H32N4O2/c1-17(2)14-23-8-10-24(11-9-23)20(6-12-26-13-7-20)16-21-19-5-3-4-18(15-25)22-19/h3-5,15,17H,6-14,16H2,1-2H3,(H,21,22). The van der Waals surface area contributed by atoms with Gasteiger partial charge < -0.3 is 15.0 Å². The largest absolute Gasteiger partial charge is 0.381 e. The second-order valence-electron chi connectivity index (χ2n) is 7.94. The van der Waals surface area contributed by atoms with Crippen molar-refractivity contribution in [2.24, 2.45) is 5.92 Å². The highest BCUT2D eigenvalue weighted by molar-refractivity contribution is 5.72. The molecule has 2 aliphatic rings. The number of carbonyl (C=O) groups excluding carboxylic acids is 1. The zero-order chi connectivity index (χ0) is 18.4. The van der Waals surface area contributed by atoms with Crippen molar-refractivity contribution in [1.29, 1.82) is 0 Å². The second kappa shape index (κ2) is 8.93. The molecule has 0 saturated carbocycles. The van der Waals surface area contributed by atoms with E-state index in [1.165, 1.54) is 6.54 Å². The molecule has 2 fully saturated rings. The Labute approximate surface area is 156 Å². The van der Waals surface area contributed by atoms with Crippen LogP contribution >= 0.6 is 0 Å². The fourth-order valence-corrected chi connectivity index (χ4v) is 4.15. The number of rotatable bonds is 7. The Morgan fingerprint density at radius 2 is 1.96 bits per heavy atom. The number of pyridine rings is 1. The monoisotopic (exact) mass is 360 g/mol. The molecule has 26 heavy (non-hydrogen) atoms. The number of aldehydes is 1. The average Bonchev–Trinajstić information content (AvgIpc) is 2.67. The molecule has 6 heteroatoms. The predicted octanol–water partition coefficient (Wildman–Crippen LogP) is 2.13. The fourth-order valence-electron chi connectivity index (χ4n) is 4.15. The summed E-state index contributed by atoms with van der Waals surface area (Å²) in [6, 6.07) is 5.54. The van der Waals surface area contributed by atoms with Gasteiger partial charge in [0.1, 0.15) is 11.5 Å². The lowest BCUT2D eigenvalue weighted by molar-refractivity contribution is -0.0414. The number of anilines is 1. The predicted molar refractivity (Wildman–Crippen MR) is 104 cm³/mol. The van der Waals surface area contributed by atoms with Crippen LogP contribution < -0.4 is 5.32 Å². The van der Waals surface area contributed by atoms with E-state index in [1.807, 2.05) is 12.1 Å². The van der Waals surface area contributed by atoms with Crippen LogP contribution in [-0.4, -0.2) is 79.1 Å². The van der Waals surface area contributed by atoms with Gasteiger partial charge in [-0.1, -0.05) is 19.9 Å². The van der Waals surface area contributed by atoms with Crippen molar-refractivity contribution < 1.29 is 9.53 Å². The summed E-state index contributed by atoms with van der Waals surface area (Å²) in [7, 11) is 0. The molecule has 6 nitrogen and oxygen atoms in total. The lowest BCUT2D eigenvalue weighted by atomic mass is 9.87. The van der Waals surface area contributed by atoms with Crippen LogP contribution in [0.1, 0.15) is 37.2 Å². The van der Waals surface area contributed by atoms with Gasteiger partial charge in [0.25, 0.3) is 0 Å². The Kier molecular flexibility index (Phi) is 6.62. The number of carbonyl (C=O) groups is 1. The molecule has 0 bridgehead atoms. The van der Waals surface area contributed by atoms with Crippen LogP contribution in [0, 0.1) is 5.92 Å². The molecule has 1 N–H and O–H groups in total. The van der Waals surface area contributed by atoms with Crippen molar-refractivity contribution in [3.05, 3.63) is 23.9 Å². The molecule has 1 aromatic rings.